The second kappa shape index (κ2) is 8.49. The molecule has 3 rings (SSSR count). The quantitative estimate of drug-likeness (QED) is 0.602. The van der Waals surface area contributed by atoms with Gasteiger partial charge in [-0.15, -0.1) is 11.3 Å². The molecule has 1 aromatic heterocycles. The molecule has 1 aliphatic heterocycles. The Morgan fingerprint density at radius 2 is 2.04 bits per heavy atom. The number of nitrogens with one attached hydrogen (secondary N) is 2. The van der Waals surface area contributed by atoms with Gasteiger partial charge in [0, 0.05) is 29.1 Å². The van der Waals surface area contributed by atoms with Crippen LogP contribution in [0.4, 0.5) is 16.4 Å². The van der Waals surface area contributed by atoms with Crippen molar-refractivity contribution in [1.29, 1.82) is 0 Å². The van der Waals surface area contributed by atoms with Crippen LogP contribution in [0.5, 0.6) is 0 Å². The average molecular weight is 370 g/mol. The summed E-state index contributed by atoms with van der Waals surface area (Å²) in [4.78, 5) is 18.0. The van der Waals surface area contributed by atoms with Crippen LogP contribution in [-0.2, 0) is 11.3 Å². The van der Waals surface area contributed by atoms with Crippen LogP contribution in [0, 0.1) is 6.92 Å². The summed E-state index contributed by atoms with van der Waals surface area (Å²) in [7, 11) is 0. The van der Waals surface area contributed by atoms with E-state index in [2.05, 4.69) is 48.7 Å². The summed E-state index contributed by atoms with van der Waals surface area (Å²) in [5.41, 5.74) is 5.21. The van der Waals surface area contributed by atoms with Gasteiger partial charge in [-0.25, -0.2) is 0 Å². The highest BCUT2D eigenvalue weighted by Gasteiger charge is 2.16. The second-order valence-electron chi connectivity index (χ2n) is 6.86. The van der Waals surface area contributed by atoms with Crippen molar-refractivity contribution in [2.45, 2.75) is 59.4 Å². The van der Waals surface area contributed by atoms with Gasteiger partial charge in [0.15, 0.2) is 0 Å². The minimum Gasteiger partial charge on any atom is -0.352 e. The number of amides is 1. The van der Waals surface area contributed by atoms with Crippen LogP contribution in [0.1, 0.15) is 62.0 Å². The fraction of sp³-hybridized carbons (Fsp3) is 0.429. The third kappa shape index (κ3) is 4.52. The topological polar surface area (TPSA) is 53.5 Å². The van der Waals surface area contributed by atoms with Crippen LogP contribution < -0.4 is 10.6 Å². The molecule has 2 N–H and O–H groups in total. The molecule has 0 saturated carbocycles. The van der Waals surface area contributed by atoms with E-state index in [1.54, 1.807) is 11.3 Å². The molecule has 1 aliphatic rings. The Hall–Kier alpha value is -2.14. The van der Waals surface area contributed by atoms with Crippen molar-refractivity contribution in [2.24, 2.45) is 4.99 Å². The Morgan fingerprint density at radius 3 is 2.85 bits per heavy atom. The number of aliphatic imine (C=N–C) groups is 1. The lowest BCUT2D eigenvalue weighted by atomic mass is 10.1. The van der Waals surface area contributed by atoms with E-state index in [1.165, 1.54) is 23.3 Å². The zero-order valence-corrected chi connectivity index (χ0v) is 16.6. The van der Waals surface area contributed by atoms with Crippen molar-refractivity contribution in [2.75, 3.05) is 5.32 Å². The lowest BCUT2D eigenvalue weighted by Crippen LogP contribution is -2.22. The maximum Gasteiger partial charge on any atom is 0.220 e. The molecule has 0 unspecified atom stereocenters. The molecule has 138 valence electrons. The summed E-state index contributed by atoms with van der Waals surface area (Å²) in [6.07, 6.45) is 5.11. The average Bonchev–Trinajstić information content (AvgIpc) is 2.93. The second-order valence-corrected chi connectivity index (χ2v) is 8.12. The number of carbonyl (C=O) groups excluding carboxylic acids is 1. The largest absolute Gasteiger partial charge is 0.352 e. The summed E-state index contributed by atoms with van der Waals surface area (Å²) in [5.74, 6) is 0.131. The van der Waals surface area contributed by atoms with E-state index in [0.29, 0.717) is 13.0 Å². The molecule has 0 fully saturated rings. The number of fused-ring (bicyclic) bond motifs is 2. The molecule has 0 radical (unpaired) electrons. The third-order valence-electron chi connectivity index (χ3n) is 4.59. The highest BCUT2D eigenvalue weighted by molar-refractivity contribution is 7.16. The van der Waals surface area contributed by atoms with Crippen molar-refractivity contribution >= 4 is 39.3 Å². The highest BCUT2D eigenvalue weighted by Crippen LogP contribution is 2.38. The Bertz CT molecular complexity index is 823. The lowest BCUT2D eigenvalue weighted by Gasteiger charge is -2.10. The van der Waals surface area contributed by atoms with Gasteiger partial charge in [0.1, 0.15) is 5.00 Å². The van der Waals surface area contributed by atoms with Crippen LogP contribution in [0.2, 0.25) is 0 Å². The summed E-state index contributed by atoms with van der Waals surface area (Å²) in [6, 6.07) is 8.35. The van der Waals surface area contributed by atoms with E-state index in [4.69, 9.17) is 4.99 Å². The monoisotopic (exact) mass is 369 g/mol. The third-order valence-corrected chi connectivity index (χ3v) is 5.56. The summed E-state index contributed by atoms with van der Waals surface area (Å²) in [6.45, 7) is 6.89. The first-order valence-corrected chi connectivity index (χ1v) is 10.2. The van der Waals surface area contributed by atoms with Gasteiger partial charge in [0.25, 0.3) is 0 Å². The first kappa shape index (κ1) is 18.6. The molecule has 1 aromatic carbocycles. The van der Waals surface area contributed by atoms with Gasteiger partial charge in [-0.1, -0.05) is 32.3 Å². The summed E-state index contributed by atoms with van der Waals surface area (Å²) in [5, 5.41) is 7.67. The summed E-state index contributed by atoms with van der Waals surface area (Å²) >= 11 is 1.75. The highest BCUT2D eigenvalue weighted by atomic mass is 32.1. The van der Waals surface area contributed by atoms with Crippen molar-refractivity contribution in [1.82, 2.24) is 5.32 Å². The summed E-state index contributed by atoms with van der Waals surface area (Å²) < 4.78 is 0. The van der Waals surface area contributed by atoms with Crippen molar-refractivity contribution in [3.8, 4) is 0 Å². The van der Waals surface area contributed by atoms with Crippen LogP contribution >= 0.6 is 11.3 Å². The number of benzene rings is 1. The maximum atomic E-state index is 12.0. The van der Waals surface area contributed by atoms with Gasteiger partial charge in [-0.05, 0) is 44.0 Å². The van der Waals surface area contributed by atoms with Gasteiger partial charge in [0.2, 0.25) is 5.91 Å². The Balaban J connectivity index is 1.64. The fourth-order valence-electron chi connectivity index (χ4n) is 3.13. The van der Waals surface area contributed by atoms with Crippen LogP contribution in [0.15, 0.2) is 29.3 Å². The predicted molar refractivity (Wildman–Crippen MR) is 111 cm³/mol. The molecule has 0 atom stereocenters. The van der Waals surface area contributed by atoms with Gasteiger partial charge in [-0.2, -0.15) is 0 Å². The first-order chi connectivity index (χ1) is 12.6. The molecule has 0 saturated heterocycles. The fourth-order valence-corrected chi connectivity index (χ4v) is 4.10. The smallest absolute Gasteiger partial charge is 0.220 e. The predicted octanol–water partition coefficient (Wildman–Crippen LogP) is 5.84. The molecule has 2 aromatic rings. The Labute approximate surface area is 159 Å². The Kier molecular flexibility index (Phi) is 6.09. The van der Waals surface area contributed by atoms with Crippen LogP contribution in [-0.4, -0.2) is 11.6 Å². The van der Waals surface area contributed by atoms with Gasteiger partial charge >= 0.3 is 0 Å². The molecule has 4 nitrogen and oxygen atoms in total. The van der Waals surface area contributed by atoms with Gasteiger partial charge in [0.05, 0.1) is 11.4 Å². The molecule has 26 heavy (non-hydrogen) atoms. The number of unbranched alkanes of at least 4 members (excludes halogenated alkanes) is 3. The first-order valence-electron chi connectivity index (χ1n) is 9.39. The van der Waals surface area contributed by atoms with Crippen molar-refractivity contribution < 1.29 is 4.79 Å². The maximum absolute atomic E-state index is 12.0. The number of anilines is 2. The minimum atomic E-state index is 0.131. The SMILES string of the molecule is CCCCCCC(=O)NCc1ccc2c(c1)N=C(C)c1cc(C)sc1N2. The molecular formula is C21H27N3OS. The van der Waals surface area contributed by atoms with E-state index in [0.717, 1.165) is 40.5 Å². The van der Waals surface area contributed by atoms with Crippen LogP contribution in [0.25, 0.3) is 0 Å². The zero-order valence-electron chi connectivity index (χ0n) is 15.8. The number of rotatable bonds is 7. The van der Waals surface area contributed by atoms with E-state index in [1.807, 2.05) is 6.92 Å². The number of hydrogen-bond donors (Lipinski definition) is 2. The van der Waals surface area contributed by atoms with E-state index in [-0.39, 0.29) is 5.91 Å². The molecule has 0 bridgehead atoms. The van der Waals surface area contributed by atoms with Gasteiger partial charge in [-0.3, -0.25) is 9.79 Å². The molecule has 5 heteroatoms. The Morgan fingerprint density at radius 1 is 1.19 bits per heavy atom. The molecule has 2 heterocycles. The number of nitrogens with zero attached hydrogens (tertiary/aromatic N) is 1. The molecule has 1 amide bonds. The van der Waals surface area contributed by atoms with Crippen molar-refractivity contribution in [3.63, 3.8) is 0 Å². The number of hydrogen-bond acceptors (Lipinski definition) is 4. The van der Waals surface area contributed by atoms with Gasteiger partial charge < -0.3 is 10.6 Å². The van der Waals surface area contributed by atoms with Crippen molar-refractivity contribution in [3.05, 3.63) is 40.3 Å². The van der Waals surface area contributed by atoms with E-state index < -0.39 is 0 Å². The molecule has 0 spiro atoms. The van der Waals surface area contributed by atoms with E-state index in [9.17, 15) is 4.79 Å². The lowest BCUT2D eigenvalue weighted by molar-refractivity contribution is -0.121. The number of thiophene rings is 1. The zero-order chi connectivity index (χ0) is 18.5. The number of carbonyl (C=O) groups is 1. The minimum absolute atomic E-state index is 0.131. The van der Waals surface area contributed by atoms with Crippen LogP contribution in [0.3, 0.4) is 0 Å². The number of aryl methyl sites for hydroxylation is 1. The van der Waals surface area contributed by atoms with E-state index >= 15 is 0 Å². The molecular weight excluding hydrogens is 342 g/mol. The standard InChI is InChI=1S/C21H27N3OS/c1-4-5-6-7-8-20(25)22-13-16-9-10-18-19(12-16)23-15(3)17-11-14(2)26-21(17)24-18/h9-12,24H,4-8,13H2,1-3H3,(H,22,25). The molecule has 0 aliphatic carbocycles. The normalized spacial score (nSPS) is 12.5.